The van der Waals surface area contributed by atoms with Crippen molar-refractivity contribution in [2.75, 3.05) is 31.2 Å². The van der Waals surface area contributed by atoms with Gasteiger partial charge >= 0.3 is 0 Å². The van der Waals surface area contributed by atoms with Crippen molar-refractivity contribution in [1.29, 1.82) is 0 Å². The van der Waals surface area contributed by atoms with Crippen molar-refractivity contribution in [3.8, 4) is 0 Å². The lowest BCUT2D eigenvalue weighted by Crippen LogP contribution is -2.41. The Labute approximate surface area is 198 Å². The van der Waals surface area contributed by atoms with Crippen LogP contribution in [0.2, 0.25) is 5.02 Å². The molecule has 4 rings (SSSR count). The molecule has 0 spiro atoms. The van der Waals surface area contributed by atoms with Gasteiger partial charge in [0.15, 0.2) is 5.13 Å². The monoisotopic (exact) mass is 489 g/mol. The Bertz CT molecular complexity index is 1120. The van der Waals surface area contributed by atoms with E-state index in [1.807, 2.05) is 12.1 Å². The normalized spacial score (nSPS) is 13.6. The van der Waals surface area contributed by atoms with Gasteiger partial charge in [-0.3, -0.25) is 20.4 Å². The molecule has 0 atom stereocenters. The highest BCUT2D eigenvalue weighted by atomic mass is 35.5. The molecule has 0 unspecified atom stereocenters. The minimum Gasteiger partial charge on any atom is -0.378 e. The number of morpholine rings is 1. The summed E-state index contributed by atoms with van der Waals surface area (Å²) in [5.41, 5.74) is 5.93. The van der Waals surface area contributed by atoms with Gasteiger partial charge < -0.3 is 9.64 Å². The third-order valence-corrected chi connectivity index (χ3v) is 7.10. The number of aryl methyl sites for hydroxylation is 1. The summed E-state index contributed by atoms with van der Waals surface area (Å²) < 4.78 is 5.36. The molecule has 166 valence electrons. The third kappa shape index (κ3) is 5.39. The maximum Gasteiger partial charge on any atom is 0.281 e. The molecular formula is C21H20ClN5O3S2. The molecule has 2 aromatic heterocycles. The highest BCUT2D eigenvalue weighted by Gasteiger charge is 2.21. The van der Waals surface area contributed by atoms with Crippen LogP contribution in [0.15, 0.2) is 52.5 Å². The Morgan fingerprint density at radius 1 is 1.12 bits per heavy atom. The number of rotatable bonds is 5. The van der Waals surface area contributed by atoms with Crippen LogP contribution in [0.1, 0.15) is 25.7 Å². The number of nitrogens with one attached hydrogen (secondary N) is 2. The molecule has 3 aromatic rings. The lowest BCUT2D eigenvalue weighted by molar-refractivity contribution is 0.0846. The van der Waals surface area contributed by atoms with Crippen molar-refractivity contribution in [3.63, 3.8) is 0 Å². The van der Waals surface area contributed by atoms with E-state index < -0.39 is 11.8 Å². The maximum absolute atomic E-state index is 12.7. The fourth-order valence-electron chi connectivity index (χ4n) is 2.98. The van der Waals surface area contributed by atoms with Gasteiger partial charge in [0.25, 0.3) is 11.8 Å². The van der Waals surface area contributed by atoms with Crippen LogP contribution >= 0.6 is 34.7 Å². The number of hydrazine groups is 1. The quantitative estimate of drug-likeness (QED) is 0.529. The molecule has 2 N–H and O–H groups in total. The number of hydrogen-bond donors (Lipinski definition) is 2. The molecule has 2 amide bonds. The Morgan fingerprint density at radius 2 is 1.84 bits per heavy atom. The molecule has 0 bridgehead atoms. The molecule has 1 aliphatic rings. The van der Waals surface area contributed by atoms with E-state index in [4.69, 9.17) is 16.3 Å². The smallest absolute Gasteiger partial charge is 0.281 e. The molecule has 1 saturated heterocycles. The van der Waals surface area contributed by atoms with Crippen LogP contribution in [0.25, 0.3) is 0 Å². The summed E-state index contributed by atoms with van der Waals surface area (Å²) in [6, 6.07) is 10.6. The standard InChI is InChI=1S/C21H20ClN5O3S2/c1-13-17(32-21(24-13)27-9-11-30-12-10-27)19(29)26-25-18(28)16-3-2-8-23-20(16)31-15-6-4-14(22)5-7-15/h2-8H,9-12H2,1H3,(H,25,28)(H,26,29). The number of thiazole rings is 1. The van der Waals surface area contributed by atoms with Crippen molar-refractivity contribution in [1.82, 2.24) is 20.8 Å². The van der Waals surface area contributed by atoms with Crippen molar-refractivity contribution in [2.45, 2.75) is 16.8 Å². The first kappa shape index (κ1) is 22.5. The van der Waals surface area contributed by atoms with E-state index in [1.165, 1.54) is 23.1 Å². The Kier molecular flexibility index (Phi) is 7.26. The van der Waals surface area contributed by atoms with Gasteiger partial charge in [0.2, 0.25) is 0 Å². The van der Waals surface area contributed by atoms with E-state index in [9.17, 15) is 9.59 Å². The number of carbonyl (C=O) groups excluding carboxylic acids is 2. The van der Waals surface area contributed by atoms with E-state index in [-0.39, 0.29) is 0 Å². The van der Waals surface area contributed by atoms with E-state index in [1.54, 1.807) is 37.4 Å². The first-order chi connectivity index (χ1) is 15.5. The number of pyridine rings is 1. The second kappa shape index (κ2) is 10.3. The molecule has 0 aliphatic carbocycles. The summed E-state index contributed by atoms with van der Waals surface area (Å²) >= 11 is 8.57. The first-order valence-corrected chi connectivity index (χ1v) is 11.8. The molecule has 0 radical (unpaired) electrons. The summed E-state index contributed by atoms with van der Waals surface area (Å²) in [6.07, 6.45) is 1.61. The molecule has 1 fully saturated rings. The molecule has 3 heterocycles. The zero-order valence-corrected chi connectivity index (χ0v) is 19.5. The molecule has 32 heavy (non-hydrogen) atoms. The number of halogens is 1. The lowest BCUT2D eigenvalue weighted by atomic mass is 10.3. The van der Waals surface area contributed by atoms with Crippen molar-refractivity contribution in [3.05, 3.63) is 63.8 Å². The van der Waals surface area contributed by atoms with Gasteiger partial charge in [0.05, 0.1) is 24.5 Å². The van der Waals surface area contributed by atoms with E-state index in [0.717, 1.165) is 23.1 Å². The summed E-state index contributed by atoms with van der Waals surface area (Å²) in [6.45, 7) is 4.52. The summed E-state index contributed by atoms with van der Waals surface area (Å²) in [5, 5.41) is 1.92. The SMILES string of the molecule is Cc1nc(N2CCOCC2)sc1C(=O)NNC(=O)c1cccnc1Sc1ccc(Cl)cc1. The van der Waals surface area contributed by atoms with E-state index >= 15 is 0 Å². The number of amides is 2. The molecule has 0 saturated carbocycles. The molecule has 1 aromatic carbocycles. The van der Waals surface area contributed by atoms with E-state index in [0.29, 0.717) is 39.4 Å². The summed E-state index contributed by atoms with van der Waals surface area (Å²) in [7, 11) is 0. The summed E-state index contributed by atoms with van der Waals surface area (Å²) in [4.78, 5) is 37.7. The van der Waals surface area contributed by atoms with Gasteiger partial charge in [-0.2, -0.15) is 0 Å². The van der Waals surface area contributed by atoms with Crippen molar-refractivity contribution >= 4 is 51.6 Å². The average Bonchev–Trinajstić information content (AvgIpc) is 3.21. The highest BCUT2D eigenvalue weighted by molar-refractivity contribution is 7.99. The number of aromatic nitrogens is 2. The fraction of sp³-hybridized carbons (Fsp3) is 0.238. The van der Waals surface area contributed by atoms with Crippen LogP contribution in [-0.2, 0) is 4.74 Å². The van der Waals surface area contributed by atoms with Gasteiger partial charge in [0.1, 0.15) is 9.90 Å². The van der Waals surface area contributed by atoms with Gasteiger partial charge in [-0.15, -0.1) is 0 Å². The fourth-order valence-corrected chi connectivity index (χ4v) is 5.00. The van der Waals surface area contributed by atoms with Crippen LogP contribution in [0.5, 0.6) is 0 Å². The predicted molar refractivity (Wildman–Crippen MR) is 125 cm³/mol. The number of anilines is 1. The van der Waals surface area contributed by atoms with Gasteiger partial charge in [-0.1, -0.05) is 34.7 Å². The minimum absolute atomic E-state index is 0.350. The first-order valence-electron chi connectivity index (χ1n) is 9.80. The maximum atomic E-state index is 12.7. The van der Waals surface area contributed by atoms with Gasteiger partial charge in [0, 0.05) is 29.2 Å². The second-order valence-electron chi connectivity index (χ2n) is 6.83. The minimum atomic E-state index is -0.460. The summed E-state index contributed by atoms with van der Waals surface area (Å²) in [5.74, 6) is -0.873. The number of ether oxygens (including phenoxy) is 1. The van der Waals surface area contributed by atoms with Crippen LogP contribution in [0, 0.1) is 6.92 Å². The van der Waals surface area contributed by atoms with Gasteiger partial charge in [-0.05, 0) is 43.3 Å². The van der Waals surface area contributed by atoms with Crippen molar-refractivity contribution < 1.29 is 14.3 Å². The second-order valence-corrected chi connectivity index (χ2v) is 9.31. The number of benzene rings is 1. The molecule has 11 heteroatoms. The number of hydrogen-bond acceptors (Lipinski definition) is 8. The highest BCUT2D eigenvalue weighted by Crippen LogP contribution is 2.29. The predicted octanol–water partition coefficient (Wildman–Crippen LogP) is 3.56. The number of carbonyl (C=O) groups is 2. The molecule has 1 aliphatic heterocycles. The lowest BCUT2D eigenvalue weighted by Gasteiger charge is -2.25. The Balaban J connectivity index is 1.41. The van der Waals surface area contributed by atoms with E-state index in [2.05, 4.69) is 25.7 Å². The Morgan fingerprint density at radius 3 is 2.59 bits per heavy atom. The zero-order valence-electron chi connectivity index (χ0n) is 17.1. The number of nitrogens with zero attached hydrogens (tertiary/aromatic N) is 3. The zero-order chi connectivity index (χ0) is 22.5. The van der Waals surface area contributed by atoms with Crippen LogP contribution in [-0.4, -0.2) is 48.1 Å². The van der Waals surface area contributed by atoms with Crippen LogP contribution < -0.4 is 15.8 Å². The van der Waals surface area contributed by atoms with Crippen LogP contribution in [0.3, 0.4) is 0 Å². The average molecular weight is 490 g/mol. The third-order valence-electron chi connectivity index (χ3n) is 4.61. The largest absolute Gasteiger partial charge is 0.378 e. The van der Waals surface area contributed by atoms with Crippen LogP contribution in [0.4, 0.5) is 5.13 Å². The topological polar surface area (TPSA) is 96.5 Å². The van der Waals surface area contributed by atoms with Gasteiger partial charge in [-0.25, -0.2) is 9.97 Å². The molecular weight excluding hydrogens is 470 g/mol. The Hall–Kier alpha value is -2.66. The molecule has 8 nitrogen and oxygen atoms in total. The van der Waals surface area contributed by atoms with Crippen molar-refractivity contribution in [2.24, 2.45) is 0 Å².